The second-order valence-corrected chi connectivity index (χ2v) is 17.4. The van der Waals surface area contributed by atoms with Gasteiger partial charge in [0.05, 0.1) is 19.4 Å². The van der Waals surface area contributed by atoms with Crippen molar-refractivity contribution >= 4 is 7.60 Å². The van der Waals surface area contributed by atoms with Gasteiger partial charge in [0.1, 0.15) is 5.75 Å². The first-order valence-corrected chi connectivity index (χ1v) is 20.3. The SMILES string of the molecule is CCCCCCCCCCCCOP(=O)(Cc1c(C(C)(C)C)cc(O)cc1C(C)(C)C)OCCCCCCCCCCCC. The maximum atomic E-state index is 14.4. The van der Waals surface area contributed by atoms with Gasteiger partial charge in [-0.3, -0.25) is 4.57 Å². The quantitative estimate of drug-likeness (QED) is 0.0812. The molecule has 0 saturated heterocycles. The molecule has 0 radical (unpaired) electrons. The first kappa shape index (κ1) is 41.2. The Morgan fingerprint density at radius 1 is 0.545 bits per heavy atom. The third-order valence-corrected chi connectivity index (χ3v) is 10.6. The van der Waals surface area contributed by atoms with Crippen molar-refractivity contribution in [1.29, 1.82) is 0 Å². The largest absolute Gasteiger partial charge is 0.508 e. The standard InChI is InChI=1S/C39H73O4P/c1-9-11-13-15-17-19-21-23-25-27-29-42-44(41,43-30-28-26-24-22-20-18-16-14-12-10-2)33-35-36(38(3,4)5)31-34(40)32-37(35)39(6,7)8/h31-32,40H,9-30,33H2,1-8H3. The zero-order valence-electron chi connectivity index (χ0n) is 30.5. The van der Waals surface area contributed by atoms with E-state index in [1.807, 2.05) is 12.1 Å². The van der Waals surface area contributed by atoms with Gasteiger partial charge in [-0.2, -0.15) is 0 Å². The molecule has 0 atom stereocenters. The molecular weight excluding hydrogens is 563 g/mol. The van der Waals surface area contributed by atoms with Gasteiger partial charge in [0.2, 0.25) is 0 Å². The van der Waals surface area contributed by atoms with Crippen molar-refractivity contribution in [3.05, 3.63) is 28.8 Å². The van der Waals surface area contributed by atoms with Crippen LogP contribution in [-0.2, 0) is 30.6 Å². The zero-order valence-corrected chi connectivity index (χ0v) is 31.4. The molecule has 5 heteroatoms. The van der Waals surface area contributed by atoms with Crippen LogP contribution in [0.4, 0.5) is 0 Å². The lowest BCUT2D eigenvalue weighted by atomic mass is 9.76. The molecule has 0 aromatic heterocycles. The maximum Gasteiger partial charge on any atom is 0.335 e. The highest BCUT2D eigenvalue weighted by Crippen LogP contribution is 2.54. The fourth-order valence-electron chi connectivity index (χ4n) is 6.07. The van der Waals surface area contributed by atoms with Crippen LogP contribution in [-0.4, -0.2) is 18.3 Å². The Kier molecular flexibility index (Phi) is 21.2. The number of aromatic hydroxyl groups is 1. The molecule has 1 aromatic rings. The molecule has 258 valence electrons. The molecule has 1 N–H and O–H groups in total. The Morgan fingerprint density at radius 2 is 0.841 bits per heavy atom. The predicted molar refractivity (Wildman–Crippen MR) is 192 cm³/mol. The fraction of sp³-hybridized carbons (Fsp3) is 0.846. The number of hydrogen-bond acceptors (Lipinski definition) is 4. The Bertz CT molecular complexity index is 847. The summed E-state index contributed by atoms with van der Waals surface area (Å²) in [5.41, 5.74) is 2.62. The van der Waals surface area contributed by atoms with E-state index < -0.39 is 7.60 Å². The number of unbranched alkanes of at least 4 members (excludes halogenated alkanes) is 18. The summed E-state index contributed by atoms with van der Waals surface area (Å²) in [5.74, 6) is 0.260. The van der Waals surface area contributed by atoms with Gasteiger partial charge in [-0.05, 0) is 52.5 Å². The summed E-state index contributed by atoms with van der Waals surface area (Å²) in [7, 11) is -3.39. The normalized spacial score (nSPS) is 12.7. The summed E-state index contributed by atoms with van der Waals surface area (Å²) in [6.07, 6.45) is 25.4. The average Bonchev–Trinajstić information content (AvgIpc) is 2.94. The zero-order chi connectivity index (χ0) is 32.9. The van der Waals surface area contributed by atoms with Crippen molar-refractivity contribution in [3.8, 4) is 5.75 Å². The van der Waals surface area contributed by atoms with Crippen LogP contribution >= 0.6 is 7.60 Å². The Morgan fingerprint density at radius 3 is 1.14 bits per heavy atom. The molecule has 0 bridgehead atoms. The monoisotopic (exact) mass is 637 g/mol. The van der Waals surface area contributed by atoms with Gasteiger partial charge in [-0.1, -0.05) is 171 Å². The van der Waals surface area contributed by atoms with Crippen molar-refractivity contribution in [2.24, 2.45) is 0 Å². The van der Waals surface area contributed by atoms with Gasteiger partial charge in [0.25, 0.3) is 0 Å². The molecular formula is C39H73O4P. The molecule has 44 heavy (non-hydrogen) atoms. The molecule has 0 saturated carbocycles. The second kappa shape index (κ2) is 22.7. The van der Waals surface area contributed by atoms with E-state index in [0.717, 1.165) is 42.4 Å². The molecule has 0 fully saturated rings. The second-order valence-electron chi connectivity index (χ2n) is 15.3. The van der Waals surface area contributed by atoms with E-state index in [0.29, 0.717) is 13.2 Å². The van der Waals surface area contributed by atoms with Crippen molar-refractivity contribution in [2.45, 2.75) is 201 Å². The first-order chi connectivity index (χ1) is 20.8. The molecule has 0 aliphatic carbocycles. The van der Waals surface area contributed by atoms with Crippen molar-refractivity contribution in [3.63, 3.8) is 0 Å². The minimum atomic E-state index is -3.39. The lowest BCUT2D eigenvalue weighted by Crippen LogP contribution is -2.21. The highest BCUT2D eigenvalue weighted by Gasteiger charge is 2.33. The summed E-state index contributed by atoms with van der Waals surface area (Å²) in [6.45, 7) is 18.4. The lowest BCUT2D eigenvalue weighted by molar-refractivity contribution is 0.196. The molecule has 1 aromatic carbocycles. The van der Waals surface area contributed by atoms with E-state index >= 15 is 0 Å². The molecule has 0 aliphatic rings. The van der Waals surface area contributed by atoms with Crippen molar-refractivity contribution in [1.82, 2.24) is 0 Å². The summed E-state index contributed by atoms with van der Waals surface area (Å²) in [5, 5.41) is 10.6. The summed E-state index contributed by atoms with van der Waals surface area (Å²) in [6, 6.07) is 3.69. The molecule has 0 amide bonds. The number of phenolic OH excluding ortho intramolecular Hbond substituents is 1. The summed E-state index contributed by atoms with van der Waals surface area (Å²) < 4.78 is 26.9. The highest BCUT2D eigenvalue weighted by molar-refractivity contribution is 7.53. The van der Waals surface area contributed by atoms with E-state index in [9.17, 15) is 9.67 Å². The summed E-state index contributed by atoms with van der Waals surface area (Å²) >= 11 is 0. The van der Waals surface area contributed by atoms with Gasteiger partial charge < -0.3 is 14.2 Å². The minimum Gasteiger partial charge on any atom is -0.508 e. The predicted octanol–water partition coefficient (Wildman–Crippen LogP) is 13.6. The number of rotatable bonds is 26. The van der Waals surface area contributed by atoms with Gasteiger partial charge in [0, 0.05) is 0 Å². The van der Waals surface area contributed by atoms with E-state index in [1.165, 1.54) is 103 Å². The average molecular weight is 637 g/mol. The van der Waals surface area contributed by atoms with Crippen LogP contribution in [0.2, 0.25) is 0 Å². The van der Waals surface area contributed by atoms with Gasteiger partial charge in [-0.15, -0.1) is 0 Å². The van der Waals surface area contributed by atoms with Crippen LogP contribution in [0.25, 0.3) is 0 Å². The van der Waals surface area contributed by atoms with Crippen LogP contribution in [0.15, 0.2) is 12.1 Å². The van der Waals surface area contributed by atoms with Gasteiger partial charge in [0.15, 0.2) is 0 Å². The number of benzene rings is 1. The third kappa shape index (κ3) is 18.3. The number of hydrogen-bond donors (Lipinski definition) is 1. The van der Waals surface area contributed by atoms with E-state index in [-0.39, 0.29) is 22.7 Å². The van der Waals surface area contributed by atoms with E-state index in [2.05, 4.69) is 55.4 Å². The molecule has 0 unspecified atom stereocenters. The number of phenols is 1. The van der Waals surface area contributed by atoms with E-state index in [4.69, 9.17) is 9.05 Å². The van der Waals surface area contributed by atoms with Crippen LogP contribution in [0.5, 0.6) is 5.75 Å². The van der Waals surface area contributed by atoms with Gasteiger partial charge >= 0.3 is 7.60 Å². The van der Waals surface area contributed by atoms with E-state index in [1.54, 1.807) is 0 Å². The molecule has 0 aliphatic heterocycles. The Hall–Kier alpha value is -0.830. The topological polar surface area (TPSA) is 55.8 Å². The first-order valence-electron chi connectivity index (χ1n) is 18.6. The Balaban J connectivity index is 2.81. The third-order valence-electron chi connectivity index (χ3n) is 8.77. The van der Waals surface area contributed by atoms with Crippen molar-refractivity contribution in [2.75, 3.05) is 13.2 Å². The molecule has 4 nitrogen and oxygen atoms in total. The molecule has 0 spiro atoms. The minimum absolute atomic E-state index is 0.216. The maximum absolute atomic E-state index is 14.4. The summed E-state index contributed by atoms with van der Waals surface area (Å²) in [4.78, 5) is 0. The Labute approximate surface area is 274 Å². The highest BCUT2D eigenvalue weighted by atomic mass is 31.2. The van der Waals surface area contributed by atoms with Crippen molar-refractivity contribution < 1.29 is 18.7 Å². The molecule has 1 rings (SSSR count). The van der Waals surface area contributed by atoms with Gasteiger partial charge in [-0.25, -0.2) is 0 Å². The molecule has 0 heterocycles. The lowest BCUT2D eigenvalue weighted by Gasteiger charge is -2.32. The van der Waals surface area contributed by atoms with Crippen LogP contribution in [0.3, 0.4) is 0 Å². The van der Waals surface area contributed by atoms with Crippen LogP contribution in [0.1, 0.15) is 200 Å². The van der Waals surface area contributed by atoms with Crippen LogP contribution in [0, 0.1) is 0 Å². The van der Waals surface area contributed by atoms with Crippen LogP contribution < -0.4 is 0 Å². The fourth-order valence-corrected chi connectivity index (χ4v) is 7.87. The smallest absolute Gasteiger partial charge is 0.335 e.